The van der Waals surface area contributed by atoms with Crippen LogP contribution < -0.4 is 15.4 Å². The Kier molecular flexibility index (Phi) is 7.75. The van der Waals surface area contributed by atoms with Gasteiger partial charge in [-0.2, -0.15) is 0 Å². The summed E-state index contributed by atoms with van der Waals surface area (Å²) < 4.78 is 18.9. The summed E-state index contributed by atoms with van der Waals surface area (Å²) in [6.45, 7) is 4.96. The molecule has 118 valence electrons. The van der Waals surface area contributed by atoms with Crippen molar-refractivity contribution in [1.82, 2.24) is 10.6 Å². The molecule has 0 spiro atoms. The predicted octanol–water partition coefficient (Wildman–Crippen LogP) is 2.62. The molecule has 1 rings (SSSR count). The SMILES string of the molecule is CCCCCNC(=O)C(C)Oc1ccc(F)cc1CNC. The molecule has 1 atom stereocenters. The first-order valence-electron chi connectivity index (χ1n) is 7.45. The minimum absolute atomic E-state index is 0.147. The number of carbonyl (C=O) groups is 1. The Morgan fingerprint density at radius 1 is 1.38 bits per heavy atom. The molecule has 0 heterocycles. The Labute approximate surface area is 126 Å². The predicted molar refractivity (Wildman–Crippen MR) is 81.8 cm³/mol. The van der Waals surface area contributed by atoms with E-state index in [1.807, 2.05) is 0 Å². The summed E-state index contributed by atoms with van der Waals surface area (Å²) >= 11 is 0. The maximum atomic E-state index is 13.2. The zero-order valence-corrected chi connectivity index (χ0v) is 13.0. The Bertz CT molecular complexity index is 452. The summed E-state index contributed by atoms with van der Waals surface area (Å²) in [5.74, 6) is 0.0667. The maximum absolute atomic E-state index is 13.2. The average molecular weight is 296 g/mol. The molecule has 1 amide bonds. The van der Waals surface area contributed by atoms with Crippen molar-refractivity contribution in [2.45, 2.75) is 45.8 Å². The normalized spacial score (nSPS) is 12.0. The largest absolute Gasteiger partial charge is 0.481 e. The number of benzene rings is 1. The summed E-state index contributed by atoms with van der Waals surface area (Å²) in [5.41, 5.74) is 0.697. The van der Waals surface area contributed by atoms with Crippen LogP contribution in [0.4, 0.5) is 4.39 Å². The number of unbranched alkanes of at least 4 members (excludes halogenated alkanes) is 2. The fourth-order valence-corrected chi connectivity index (χ4v) is 1.97. The zero-order chi connectivity index (χ0) is 15.7. The zero-order valence-electron chi connectivity index (χ0n) is 13.0. The third-order valence-corrected chi connectivity index (χ3v) is 3.14. The van der Waals surface area contributed by atoms with Crippen molar-refractivity contribution >= 4 is 5.91 Å². The van der Waals surface area contributed by atoms with Gasteiger partial charge in [-0.1, -0.05) is 19.8 Å². The van der Waals surface area contributed by atoms with Crippen LogP contribution in [0.5, 0.6) is 5.75 Å². The van der Waals surface area contributed by atoms with Crippen LogP contribution in [-0.2, 0) is 11.3 Å². The lowest BCUT2D eigenvalue weighted by atomic mass is 10.2. The first-order chi connectivity index (χ1) is 10.1. The van der Waals surface area contributed by atoms with Gasteiger partial charge in [0.05, 0.1) is 0 Å². The highest BCUT2D eigenvalue weighted by atomic mass is 19.1. The van der Waals surface area contributed by atoms with Crippen LogP contribution in [0.3, 0.4) is 0 Å². The van der Waals surface area contributed by atoms with E-state index in [9.17, 15) is 9.18 Å². The molecule has 0 aromatic heterocycles. The minimum Gasteiger partial charge on any atom is -0.481 e. The van der Waals surface area contributed by atoms with Crippen molar-refractivity contribution in [3.05, 3.63) is 29.6 Å². The molecule has 4 nitrogen and oxygen atoms in total. The van der Waals surface area contributed by atoms with Gasteiger partial charge in [-0.05, 0) is 38.6 Å². The lowest BCUT2D eigenvalue weighted by molar-refractivity contribution is -0.127. The molecule has 0 aliphatic rings. The number of rotatable bonds is 9. The molecule has 2 N–H and O–H groups in total. The van der Waals surface area contributed by atoms with E-state index in [1.54, 1.807) is 20.0 Å². The molecule has 21 heavy (non-hydrogen) atoms. The Hall–Kier alpha value is -1.62. The second-order valence-corrected chi connectivity index (χ2v) is 5.04. The molecule has 1 aromatic carbocycles. The third-order valence-electron chi connectivity index (χ3n) is 3.14. The lowest BCUT2D eigenvalue weighted by Crippen LogP contribution is -2.37. The standard InChI is InChI=1S/C16H25FN2O2/c1-4-5-6-9-19-16(20)12(2)21-15-8-7-14(17)10-13(15)11-18-3/h7-8,10,12,18H,4-6,9,11H2,1-3H3,(H,19,20). The van der Waals surface area contributed by atoms with Gasteiger partial charge in [0.15, 0.2) is 6.10 Å². The lowest BCUT2D eigenvalue weighted by Gasteiger charge is -2.17. The minimum atomic E-state index is -0.604. The van der Waals surface area contributed by atoms with Crippen molar-refractivity contribution in [2.75, 3.05) is 13.6 Å². The van der Waals surface area contributed by atoms with Gasteiger partial charge in [0.1, 0.15) is 11.6 Å². The van der Waals surface area contributed by atoms with Crippen LogP contribution in [0.2, 0.25) is 0 Å². The summed E-state index contributed by atoms with van der Waals surface area (Å²) in [7, 11) is 1.78. The van der Waals surface area contributed by atoms with E-state index in [2.05, 4.69) is 17.6 Å². The first-order valence-corrected chi connectivity index (χ1v) is 7.45. The number of ether oxygens (including phenoxy) is 1. The van der Waals surface area contributed by atoms with Crippen molar-refractivity contribution in [3.63, 3.8) is 0 Å². The van der Waals surface area contributed by atoms with Gasteiger partial charge < -0.3 is 15.4 Å². The van der Waals surface area contributed by atoms with E-state index in [0.29, 0.717) is 24.4 Å². The fourth-order valence-electron chi connectivity index (χ4n) is 1.97. The molecule has 5 heteroatoms. The molecule has 0 bridgehead atoms. The number of hydrogen-bond acceptors (Lipinski definition) is 3. The third kappa shape index (κ3) is 6.12. The molecule has 0 fully saturated rings. The molecule has 0 saturated carbocycles. The summed E-state index contributed by atoms with van der Waals surface area (Å²) in [6.07, 6.45) is 2.58. The van der Waals surface area contributed by atoms with Gasteiger partial charge in [0, 0.05) is 18.7 Å². The second-order valence-electron chi connectivity index (χ2n) is 5.04. The number of amides is 1. The van der Waals surface area contributed by atoms with Crippen LogP contribution in [0.25, 0.3) is 0 Å². The van der Waals surface area contributed by atoms with Crippen molar-refractivity contribution in [1.29, 1.82) is 0 Å². The molecule has 1 unspecified atom stereocenters. The quantitative estimate of drug-likeness (QED) is 0.689. The Balaban J connectivity index is 2.57. The van der Waals surface area contributed by atoms with Gasteiger partial charge in [0.25, 0.3) is 5.91 Å². The number of carbonyl (C=O) groups excluding carboxylic acids is 1. The van der Waals surface area contributed by atoms with Crippen LogP contribution in [0, 0.1) is 5.82 Å². The molecule has 0 saturated heterocycles. The second kappa shape index (κ2) is 9.34. The van der Waals surface area contributed by atoms with Gasteiger partial charge in [0.2, 0.25) is 0 Å². The highest BCUT2D eigenvalue weighted by Gasteiger charge is 2.16. The Morgan fingerprint density at radius 3 is 2.81 bits per heavy atom. The van der Waals surface area contributed by atoms with E-state index in [1.165, 1.54) is 12.1 Å². The van der Waals surface area contributed by atoms with Crippen LogP contribution in [0.1, 0.15) is 38.7 Å². The van der Waals surface area contributed by atoms with Crippen molar-refractivity contribution < 1.29 is 13.9 Å². The summed E-state index contributed by atoms with van der Waals surface area (Å²) in [6, 6.07) is 4.31. The highest BCUT2D eigenvalue weighted by Crippen LogP contribution is 2.21. The topological polar surface area (TPSA) is 50.4 Å². The van der Waals surface area contributed by atoms with Crippen molar-refractivity contribution in [2.24, 2.45) is 0 Å². The Morgan fingerprint density at radius 2 is 2.14 bits per heavy atom. The van der Waals surface area contributed by atoms with E-state index in [0.717, 1.165) is 19.3 Å². The van der Waals surface area contributed by atoms with E-state index >= 15 is 0 Å². The molecule has 0 radical (unpaired) electrons. The smallest absolute Gasteiger partial charge is 0.260 e. The van der Waals surface area contributed by atoms with E-state index in [-0.39, 0.29) is 11.7 Å². The monoisotopic (exact) mass is 296 g/mol. The molecular weight excluding hydrogens is 271 g/mol. The number of hydrogen-bond donors (Lipinski definition) is 2. The number of nitrogens with one attached hydrogen (secondary N) is 2. The van der Waals surface area contributed by atoms with Gasteiger partial charge in [-0.15, -0.1) is 0 Å². The maximum Gasteiger partial charge on any atom is 0.260 e. The molecule has 0 aliphatic carbocycles. The highest BCUT2D eigenvalue weighted by molar-refractivity contribution is 5.80. The number of halogens is 1. The molecule has 1 aromatic rings. The molecular formula is C16H25FN2O2. The summed E-state index contributed by atoms with van der Waals surface area (Å²) in [4.78, 5) is 11.9. The first kappa shape index (κ1) is 17.4. The van der Waals surface area contributed by atoms with Gasteiger partial charge >= 0.3 is 0 Å². The van der Waals surface area contributed by atoms with E-state index in [4.69, 9.17) is 4.74 Å². The van der Waals surface area contributed by atoms with Crippen LogP contribution in [0.15, 0.2) is 18.2 Å². The van der Waals surface area contributed by atoms with Gasteiger partial charge in [-0.25, -0.2) is 4.39 Å². The fraction of sp³-hybridized carbons (Fsp3) is 0.562. The molecule has 0 aliphatic heterocycles. The van der Waals surface area contributed by atoms with Crippen LogP contribution >= 0.6 is 0 Å². The van der Waals surface area contributed by atoms with Crippen molar-refractivity contribution in [3.8, 4) is 5.75 Å². The van der Waals surface area contributed by atoms with E-state index < -0.39 is 6.10 Å². The average Bonchev–Trinajstić information content (AvgIpc) is 2.46. The van der Waals surface area contributed by atoms with Crippen LogP contribution in [-0.4, -0.2) is 25.6 Å². The summed E-state index contributed by atoms with van der Waals surface area (Å²) in [5, 5.41) is 5.80. The van der Waals surface area contributed by atoms with Gasteiger partial charge in [-0.3, -0.25) is 4.79 Å².